The Balaban J connectivity index is 1.49. The van der Waals surface area contributed by atoms with E-state index >= 15 is 0 Å². The summed E-state index contributed by atoms with van der Waals surface area (Å²) in [6.45, 7) is 3.91. The average Bonchev–Trinajstić information content (AvgIpc) is 3.23. The first-order chi connectivity index (χ1) is 15.3. The van der Waals surface area contributed by atoms with Gasteiger partial charge in [0.2, 0.25) is 0 Å². The summed E-state index contributed by atoms with van der Waals surface area (Å²) in [4.78, 5) is 15.1. The Hall–Kier alpha value is -2.94. The van der Waals surface area contributed by atoms with Gasteiger partial charge in [-0.1, -0.05) is 24.3 Å². The highest BCUT2D eigenvalue weighted by Crippen LogP contribution is 2.38. The van der Waals surface area contributed by atoms with E-state index in [-0.39, 0.29) is 19.0 Å². The highest BCUT2D eigenvalue weighted by atomic mass is 19.4. The van der Waals surface area contributed by atoms with Crippen LogP contribution in [-0.2, 0) is 28.7 Å². The molecule has 6 nitrogen and oxygen atoms in total. The van der Waals surface area contributed by atoms with E-state index in [1.165, 1.54) is 6.07 Å². The van der Waals surface area contributed by atoms with Gasteiger partial charge in [0.25, 0.3) is 0 Å². The van der Waals surface area contributed by atoms with E-state index in [2.05, 4.69) is 15.2 Å². The summed E-state index contributed by atoms with van der Waals surface area (Å²) in [5.74, 6) is -0.341. The molecule has 170 valence electrons. The number of nitrogens with zero attached hydrogens (tertiary/aromatic N) is 3. The molecule has 1 aliphatic heterocycles. The maximum absolute atomic E-state index is 13.1. The molecule has 0 saturated carbocycles. The van der Waals surface area contributed by atoms with Crippen LogP contribution in [0.15, 0.2) is 47.1 Å². The Morgan fingerprint density at radius 1 is 1.09 bits per heavy atom. The number of halogens is 3. The average molecular weight is 447 g/mol. The maximum atomic E-state index is 13.1. The molecule has 1 aromatic heterocycles. The van der Waals surface area contributed by atoms with E-state index in [9.17, 15) is 18.0 Å². The molecule has 2 heterocycles. The van der Waals surface area contributed by atoms with Crippen molar-refractivity contribution in [3.8, 4) is 0 Å². The van der Waals surface area contributed by atoms with E-state index < -0.39 is 17.2 Å². The maximum Gasteiger partial charge on any atom is 0.416 e. The van der Waals surface area contributed by atoms with Crippen LogP contribution in [0.3, 0.4) is 0 Å². The number of carbonyl (C=O) groups is 1. The number of rotatable bonds is 6. The van der Waals surface area contributed by atoms with Crippen molar-refractivity contribution < 1.29 is 27.3 Å². The largest absolute Gasteiger partial charge is 0.466 e. The molecule has 1 fully saturated rings. The van der Waals surface area contributed by atoms with Gasteiger partial charge in [0.05, 0.1) is 17.6 Å². The summed E-state index contributed by atoms with van der Waals surface area (Å²) >= 11 is 0. The van der Waals surface area contributed by atoms with E-state index in [1.54, 1.807) is 13.0 Å². The third-order valence-electron chi connectivity index (χ3n) is 6.04. The predicted octanol–water partition coefficient (Wildman–Crippen LogP) is 4.63. The second kappa shape index (κ2) is 8.90. The molecular formula is C23H24F3N3O3. The van der Waals surface area contributed by atoms with Crippen LogP contribution in [-0.4, -0.2) is 40.9 Å². The minimum atomic E-state index is -4.42. The van der Waals surface area contributed by atoms with Crippen LogP contribution in [0.2, 0.25) is 0 Å². The van der Waals surface area contributed by atoms with Crippen LogP contribution in [0.5, 0.6) is 0 Å². The minimum Gasteiger partial charge on any atom is -0.466 e. The fourth-order valence-corrected chi connectivity index (χ4v) is 4.31. The van der Waals surface area contributed by atoms with Gasteiger partial charge in [0.15, 0.2) is 0 Å². The van der Waals surface area contributed by atoms with Crippen molar-refractivity contribution >= 4 is 17.0 Å². The summed E-state index contributed by atoms with van der Waals surface area (Å²) in [6, 6.07) is 10.9. The number of ether oxygens (including phenoxy) is 1. The van der Waals surface area contributed by atoms with Crippen molar-refractivity contribution in [3.05, 3.63) is 59.2 Å². The van der Waals surface area contributed by atoms with Crippen molar-refractivity contribution in [2.45, 2.75) is 38.9 Å². The second-order valence-electron chi connectivity index (χ2n) is 8.24. The number of likely N-dealkylation sites (tertiary alicyclic amines) is 1. The predicted molar refractivity (Wildman–Crippen MR) is 111 cm³/mol. The first-order valence-corrected chi connectivity index (χ1v) is 10.6. The first-order valence-electron chi connectivity index (χ1n) is 10.6. The van der Waals surface area contributed by atoms with E-state index in [0.29, 0.717) is 49.1 Å². The van der Waals surface area contributed by atoms with Crippen molar-refractivity contribution in [3.63, 3.8) is 0 Å². The quantitative estimate of drug-likeness (QED) is 0.514. The molecule has 2 aromatic carbocycles. The van der Waals surface area contributed by atoms with Crippen molar-refractivity contribution in [1.29, 1.82) is 0 Å². The number of piperidine rings is 1. The van der Waals surface area contributed by atoms with Gasteiger partial charge in [-0.15, -0.1) is 0 Å². The Morgan fingerprint density at radius 3 is 2.56 bits per heavy atom. The number of hydrogen-bond donors (Lipinski definition) is 0. The lowest BCUT2D eigenvalue weighted by Gasteiger charge is -2.40. The van der Waals surface area contributed by atoms with Crippen LogP contribution < -0.4 is 0 Å². The van der Waals surface area contributed by atoms with Crippen LogP contribution >= 0.6 is 0 Å². The molecule has 0 N–H and O–H groups in total. The summed E-state index contributed by atoms with van der Waals surface area (Å²) in [7, 11) is 0. The Labute approximate surface area is 183 Å². The monoisotopic (exact) mass is 447 g/mol. The van der Waals surface area contributed by atoms with Gasteiger partial charge in [-0.2, -0.15) is 13.2 Å². The lowest BCUT2D eigenvalue weighted by atomic mass is 9.73. The van der Waals surface area contributed by atoms with Crippen LogP contribution in [0, 0.1) is 5.41 Å². The summed E-state index contributed by atoms with van der Waals surface area (Å²) in [5.41, 5.74) is 1.38. The van der Waals surface area contributed by atoms with Crippen molar-refractivity contribution in [1.82, 2.24) is 15.2 Å². The standard InChI is InChI=1S/C23H24F3N3O3/c1-2-31-21(30)22(14-16-4-3-5-18(12-16)23(24,25)26)8-10-29(11-9-22)15-17-6-7-19-20(13-17)28-32-27-19/h3-7,12-13H,2,8-11,14-15H2,1H3. The zero-order chi connectivity index (χ0) is 22.8. The van der Waals surface area contributed by atoms with Gasteiger partial charge in [0, 0.05) is 6.54 Å². The Kier molecular flexibility index (Phi) is 6.19. The topological polar surface area (TPSA) is 68.5 Å². The number of alkyl halides is 3. The smallest absolute Gasteiger partial charge is 0.416 e. The molecule has 0 spiro atoms. The molecule has 3 aromatic rings. The van der Waals surface area contributed by atoms with Crippen molar-refractivity contribution in [2.24, 2.45) is 5.41 Å². The molecule has 0 amide bonds. The van der Waals surface area contributed by atoms with Gasteiger partial charge in [0.1, 0.15) is 11.0 Å². The van der Waals surface area contributed by atoms with Crippen LogP contribution in [0.4, 0.5) is 13.2 Å². The number of aromatic nitrogens is 2. The van der Waals surface area contributed by atoms with Crippen molar-refractivity contribution in [2.75, 3.05) is 19.7 Å². The number of esters is 1. The molecule has 0 atom stereocenters. The number of hydrogen-bond acceptors (Lipinski definition) is 6. The lowest BCUT2D eigenvalue weighted by molar-refractivity contribution is -0.158. The number of benzene rings is 2. The van der Waals surface area contributed by atoms with Gasteiger partial charge < -0.3 is 4.74 Å². The Morgan fingerprint density at radius 2 is 1.84 bits per heavy atom. The molecule has 0 aliphatic carbocycles. The highest BCUT2D eigenvalue weighted by Gasteiger charge is 2.43. The molecule has 0 unspecified atom stereocenters. The van der Waals surface area contributed by atoms with Gasteiger partial charge in [-0.3, -0.25) is 9.69 Å². The lowest BCUT2D eigenvalue weighted by Crippen LogP contribution is -2.46. The molecule has 9 heteroatoms. The molecule has 1 saturated heterocycles. The number of carbonyl (C=O) groups excluding carboxylic acids is 1. The summed E-state index contributed by atoms with van der Waals surface area (Å²) in [6.07, 6.45) is -3.18. The van der Waals surface area contributed by atoms with Crippen LogP contribution in [0.25, 0.3) is 11.0 Å². The third-order valence-corrected chi connectivity index (χ3v) is 6.04. The summed E-state index contributed by atoms with van der Waals surface area (Å²) in [5, 5.41) is 7.67. The van der Waals surface area contributed by atoms with E-state index in [4.69, 9.17) is 9.37 Å². The molecule has 0 bridgehead atoms. The normalized spacial score (nSPS) is 16.9. The first kappa shape index (κ1) is 22.3. The molecule has 0 radical (unpaired) electrons. The SMILES string of the molecule is CCOC(=O)C1(Cc2cccc(C(F)(F)F)c2)CCN(Cc2ccc3nonc3c2)CC1. The minimum absolute atomic E-state index is 0.222. The highest BCUT2D eigenvalue weighted by molar-refractivity contribution is 5.77. The fourth-order valence-electron chi connectivity index (χ4n) is 4.31. The van der Waals surface area contributed by atoms with Gasteiger partial charge >= 0.3 is 12.1 Å². The molecule has 4 rings (SSSR count). The van der Waals surface area contributed by atoms with E-state index in [0.717, 1.165) is 17.7 Å². The second-order valence-corrected chi connectivity index (χ2v) is 8.24. The van der Waals surface area contributed by atoms with Gasteiger partial charge in [-0.05, 0) is 78.9 Å². The van der Waals surface area contributed by atoms with Crippen LogP contribution in [0.1, 0.15) is 36.5 Å². The molecule has 1 aliphatic rings. The molecular weight excluding hydrogens is 423 g/mol. The fraction of sp³-hybridized carbons (Fsp3) is 0.435. The Bertz CT molecular complexity index is 1090. The van der Waals surface area contributed by atoms with Gasteiger partial charge in [-0.25, -0.2) is 4.63 Å². The molecule has 32 heavy (non-hydrogen) atoms. The third kappa shape index (κ3) is 4.77. The zero-order valence-corrected chi connectivity index (χ0v) is 17.7. The summed E-state index contributed by atoms with van der Waals surface area (Å²) < 4.78 is 49.5. The van der Waals surface area contributed by atoms with E-state index in [1.807, 2.05) is 18.2 Å². The number of fused-ring (bicyclic) bond motifs is 1. The zero-order valence-electron chi connectivity index (χ0n) is 17.7.